The summed E-state index contributed by atoms with van der Waals surface area (Å²) in [7, 11) is 1.51. The van der Waals surface area contributed by atoms with Crippen molar-refractivity contribution in [2.24, 2.45) is 0 Å². The molecule has 1 unspecified atom stereocenters. The van der Waals surface area contributed by atoms with E-state index in [-0.39, 0.29) is 11.3 Å². The molecule has 0 saturated carbocycles. The lowest BCUT2D eigenvalue weighted by Gasteiger charge is -2.19. The van der Waals surface area contributed by atoms with Gasteiger partial charge in [-0.25, -0.2) is 0 Å². The van der Waals surface area contributed by atoms with Crippen LogP contribution in [0.4, 0.5) is 0 Å². The van der Waals surface area contributed by atoms with Gasteiger partial charge < -0.3 is 10.0 Å². The molecule has 1 aromatic heterocycles. The van der Waals surface area contributed by atoms with Gasteiger partial charge in [-0.2, -0.15) is 5.26 Å². The third-order valence-corrected chi connectivity index (χ3v) is 2.12. The minimum atomic E-state index is -0.537. The molecular weight excluding hydrogens is 194 g/mol. The number of amides is 1. The second-order valence-corrected chi connectivity index (χ2v) is 3.11. The molecule has 0 radical (unpaired) electrons. The fourth-order valence-corrected chi connectivity index (χ4v) is 1.02. The number of hydrogen-bond donors (Lipinski definition) is 1. The van der Waals surface area contributed by atoms with Crippen LogP contribution in [0.15, 0.2) is 18.5 Å². The molecule has 0 spiro atoms. The first-order chi connectivity index (χ1) is 7.07. The van der Waals surface area contributed by atoms with Crippen LogP contribution >= 0.6 is 0 Å². The van der Waals surface area contributed by atoms with Crippen molar-refractivity contribution < 1.29 is 9.90 Å². The van der Waals surface area contributed by atoms with Crippen molar-refractivity contribution in [3.8, 4) is 11.8 Å². The van der Waals surface area contributed by atoms with E-state index in [0.29, 0.717) is 0 Å². The number of rotatable bonds is 2. The highest BCUT2D eigenvalue weighted by Gasteiger charge is 2.19. The fourth-order valence-electron chi connectivity index (χ4n) is 1.02. The molecule has 0 aliphatic carbocycles. The van der Waals surface area contributed by atoms with Crippen LogP contribution in [0.3, 0.4) is 0 Å². The van der Waals surface area contributed by atoms with Crippen LogP contribution in [0.25, 0.3) is 0 Å². The number of carbonyl (C=O) groups excluding carboxylic acids is 1. The van der Waals surface area contributed by atoms with E-state index in [9.17, 15) is 9.90 Å². The van der Waals surface area contributed by atoms with E-state index in [4.69, 9.17) is 5.26 Å². The zero-order valence-corrected chi connectivity index (χ0v) is 8.51. The summed E-state index contributed by atoms with van der Waals surface area (Å²) in [5.41, 5.74) is 0.148. The minimum absolute atomic E-state index is 0.148. The van der Waals surface area contributed by atoms with E-state index in [1.807, 2.05) is 6.07 Å². The summed E-state index contributed by atoms with van der Waals surface area (Å²) < 4.78 is 0. The first-order valence-electron chi connectivity index (χ1n) is 4.37. The first-order valence-corrected chi connectivity index (χ1v) is 4.37. The topological polar surface area (TPSA) is 77.2 Å². The van der Waals surface area contributed by atoms with E-state index >= 15 is 0 Å². The molecule has 5 nitrogen and oxygen atoms in total. The van der Waals surface area contributed by atoms with Crippen LogP contribution in [-0.4, -0.2) is 34.0 Å². The Morgan fingerprint density at radius 1 is 1.73 bits per heavy atom. The zero-order valence-electron chi connectivity index (χ0n) is 8.51. The molecule has 0 aliphatic heterocycles. The van der Waals surface area contributed by atoms with E-state index in [0.717, 1.165) is 0 Å². The molecule has 0 bridgehead atoms. The quantitative estimate of drug-likeness (QED) is 0.773. The van der Waals surface area contributed by atoms with Gasteiger partial charge in [0.2, 0.25) is 0 Å². The highest BCUT2D eigenvalue weighted by atomic mass is 16.3. The molecule has 78 valence electrons. The molecule has 0 saturated heterocycles. The average molecular weight is 205 g/mol. The summed E-state index contributed by atoms with van der Waals surface area (Å²) in [6.45, 7) is 1.61. The Morgan fingerprint density at radius 2 is 2.40 bits per heavy atom. The summed E-state index contributed by atoms with van der Waals surface area (Å²) in [4.78, 5) is 16.7. The van der Waals surface area contributed by atoms with E-state index in [1.54, 1.807) is 6.92 Å². The van der Waals surface area contributed by atoms with Crippen molar-refractivity contribution in [1.82, 2.24) is 9.88 Å². The molecule has 1 rings (SSSR count). The van der Waals surface area contributed by atoms with E-state index in [1.165, 1.54) is 30.4 Å². The highest BCUT2D eigenvalue weighted by molar-refractivity contribution is 5.96. The molecule has 5 heteroatoms. The maximum Gasteiger partial charge on any atom is 0.258 e. The van der Waals surface area contributed by atoms with Gasteiger partial charge in [0, 0.05) is 13.2 Å². The molecule has 1 heterocycles. The van der Waals surface area contributed by atoms with Gasteiger partial charge in [-0.1, -0.05) is 0 Å². The third-order valence-electron chi connectivity index (χ3n) is 2.12. The Labute approximate surface area is 87.6 Å². The van der Waals surface area contributed by atoms with Gasteiger partial charge in [0.1, 0.15) is 11.8 Å². The van der Waals surface area contributed by atoms with Crippen molar-refractivity contribution in [3.05, 3.63) is 24.0 Å². The standard InChI is InChI=1S/C10H11N3O2/c1-7(5-11)13(2)10(15)8-3-4-12-6-9(8)14/h3-4,6-7,14H,1-2H3. The molecule has 0 aliphatic rings. The van der Waals surface area contributed by atoms with Crippen LogP contribution in [0.5, 0.6) is 5.75 Å². The van der Waals surface area contributed by atoms with Crippen LogP contribution < -0.4 is 0 Å². The number of hydrogen-bond acceptors (Lipinski definition) is 4. The lowest BCUT2D eigenvalue weighted by atomic mass is 10.2. The van der Waals surface area contributed by atoms with Gasteiger partial charge in [0.15, 0.2) is 0 Å². The molecule has 1 atom stereocenters. The molecule has 15 heavy (non-hydrogen) atoms. The number of nitrogens with zero attached hydrogens (tertiary/aromatic N) is 3. The predicted molar refractivity (Wildman–Crippen MR) is 53.1 cm³/mol. The normalized spacial score (nSPS) is 11.5. The van der Waals surface area contributed by atoms with Crippen LogP contribution in [0, 0.1) is 11.3 Å². The van der Waals surface area contributed by atoms with Crippen molar-refractivity contribution in [2.75, 3.05) is 7.05 Å². The van der Waals surface area contributed by atoms with Crippen LogP contribution in [0.2, 0.25) is 0 Å². The largest absolute Gasteiger partial charge is 0.505 e. The number of nitriles is 1. The fraction of sp³-hybridized carbons (Fsp3) is 0.300. The Balaban J connectivity index is 2.96. The predicted octanol–water partition coefficient (Wildman–Crippen LogP) is 0.771. The van der Waals surface area contributed by atoms with Gasteiger partial charge in [0.25, 0.3) is 5.91 Å². The Kier molecular flexibility index (Phi) is 3.24. The lowest BCUT2D eigenvalue weighted by Crippen LogP contribution is -2.34. The molecule has 1 N–H and O–H groups in total. The third kappa shape index (κ3) is 2.23. The second-order valence-electron chi connectivity index (χ2n) is 3.11. The van der Waals surface area contributed by atoms with E-state index in [2.05, 4.69) is 4.98 Å². The molecule has 0 aromatic carbocycles. The Hall–Kier alpha value is -2.09. The smallest absolute Gasteiger partial charge is 0.258 e. The SMILES string of the molecule is CC(C#N)N(C)C(=O)c1ccncc1O. The summed E-state index contributed by atoms with van der Waals surface area (Å²) in [5, 5.41) is 18.0. The first kappa shape index (κ1) is 11.0. The summed E-state index contributed by atoms with van der Waals surface area (Å²) in [5.74, 6) is -0.580. The monoisotopic (exact) mass is 205 g/mol. The zero-order chi connectivity index (χ0) is 11.4. The van der Waals surface area contributed by atoms with Crippen LogP contribution in [-0.2, 0) is 0 Å². The molecule has 0 fully saturated rings. The van der Waals surface area contributed by atoms with Gasteiger partial charge in [0.05, 0.1) is 17.8 Å². The summed E-state index contributed by atoms with van der Waals surface area (Å²) in [6.07, 6.45) is 2.61. The van der Waals surface area contributed by atoms with Gasteiger partial charge in [-0.15, -0.1) is 0 Å². The van der Waals surface area contributed by atoms with Crippen molar-refractivity contribution in [2.45, 2.75) is 13.0 Å². The maximum atomic E-state index is 11.8. The highest BCUT2D eigenvalue weighted by Crippen LogP contribution is 2.16. The number of aromatic hydroxyl groups is 1. The number of pyridine rings is 1. The summed E-state index contributed by atoms with van der Waals surface area (Å²) in [6, 6.07) is 2.82. The second kappa shape index (κ2) is 4.42. The minimum Gasteiger partial charge on any atom is -0.505 e. The van der Waals surface area contributed by atoms with Gasteiger partial charge >= 0.3 is 0 Å². The van der Waals surface area contributed by atoms with Gasteiger partial charge in [-0.3, -0.25) is 9.78 Å². The lowest BCUT2D eigenvalue weighted by molar-refractivity contribution is 0.0770. The van der Waals surface area contributed by atoms with Gasteiger partial charge in [-0.05, 0) is 13.0 Å². The maximum absolute atomic E-state index is 11.8. The molecular formula is C10H11N3O2. The number of aromatic nitrogens is 1. The van der Waals surface area contributed by atoms with Crippen molar-refractivity contribution in [3.63, 3.8) is 0 Å². The van der Waals surface area contributed by atoms with Crippen molar-refractivity contribution >= 4 is 5.91 Å². The van der Waals surface area contributed by atoms with Crippen molar-refractivity contribution in [1.29, 1.82) is 5.26 Å². The van der Waals surface area contributed by atoms with Crippen LogP contribution in [0.1, 0.15) is 17.3 Å². The molecule has 1 aromatic rings. The average Bonchev–Trinajstić information content (AvgIpc) is 2.26. The Morgan fingerprint density at radius 3 is 2.93 bits per heavy atom. The summed E-state index contributed by atoms with van der Waals surface area (Å²) >= 11 is 0. The Bertz CT molecular complexity index is 411. The molecule has 1 amide bonds. The van der Waals surface area contributed by atoms with E-state index < -0.39 is 11.9 Å². The number of carbonyl (C=O) groups is 1.